The van der Waals surface area contributed by atoms with Gasteiger partial charge < -0.3 is 9.84 Å². The molecule has 1 N–H and O–H groups in total. The third-order valence-corrected chi connectivity index (χ3v) is 4.11. The topological polar surface area (TPSA) is 93.0 Å². The number of amides is 1. The molecule has 1 aromatic carbocycles. The molecule has 0 unspecified atom stereocenters. The van der Waals surface area contributed by atoms with Gasteiger partial charge in [-0.1, -0.05) is 17.7 Å². The van der Waals surface area contributed by atoms with Gasteiger partial charge in [-0.2, -0.15) is 4.99 Å². The second kappa shape index (κ2) is 7.76. The fraction of sp³-hybridized carbons (Fsp3) is 0.385. The van der Waals surface area contributed by atoms with Crippen molar-refractivity contribution in [1.82, 2.24) is 0 Å². The molecule has 0 radical (unpaired) electrons. The summed E-state index contributed by atoms with van der Waals surface area (Å²) in [6, 6.07) is 6.45. The number of rotatable bonds is 6. The third kappa shape index (κ3) is 5.50. The van der Waals surface area contributed by atoms with Crippen LogP contribution in [0.15, 0.2) is 34.2 Å². The van der Waals surface area contributed by atoms with Gasteiger partial charge in [0.1, 0.15) is 6.61 Å². The van der Waals surface area contributed by atoms with Crippen molar-refractivity contribution in [1.29, 1.82) is 0 Å². The fourth-order valence-electron chi connectivity index (χ4n) is 1.34. The predicted octanol–water partition coefficient (Wildman–Crippen LogP) is 1.36. The number of hydrogen-bond donors (Lipinski definition) is 1. The highest BCUT2D eigenvalue weighted by Crippen LogP contribution is 2.12. The van der Waals surface area contributed by atoms with E-state index < -0.39 is 15.9 Å². The first-order valence-corrected chi connectivity index (χ1v) is 7.70. The maximum Gasteiger partial charge on any atom is 0.433 e. The van der Waals surface area contributed by atoms with E-state index in [0.29, 0.717) is 0 Å². The molecule has 0 saturated carbocycles. The van der Waals surface area contributed by atoms with Gasteiger partial charge in [0.25, 0.3) is 0 Å². The summed E-state index contributed by atoms with van der Waals surface area (Å²) in [6.07, 6.45) is 0.602. The van der Waals surface area contributed by atoms with E-state index >= 15 is 0 Å². The molecule has 0 atom stereocenters. The normalized spacial score (nSPS) is 11.7. The molecule has 1 aromatic rings. The van der Waals surface area contributed by atoms with Gasteiger partial charge in [0.2, 0.25) is 0 Å². The fourth-order valence-corrected chi connectivity index (χ4v) is 2.43. The Balaban J connectivity index is 2.48. The van der Waals surface area contributed by atoms with Gasteiger partial charge in [0.05, 0.1) is 10.6 Å². The molecular formula is C13H17NO5S. The maximum atomic E-state index is 11.9. The Morgan fingerprint density at radius 3 is 2.60 bits per heavy atom. The Morgan fingerprint density at radius 2 is 2.00 bits per heavy atom. The van der Waals surface area contributed by atoms with E-state index in [1.165, 1.54) is 18.3 Å². The van der Waals surface area contributed by atoms with Crippen molar-refractivity contribution in [3.63, 3.8) is 0 Å². The highest BCUT2D eigenvalue weighted by molar-refractivity contribution is 7.91. The Hall–Kier alpha value is -1.73. The molecule has 6 nitrogen and oxygen atoms in total. The number of aryl methyl sites for hydroxylation is 1. The van der Waals surface area contributed by atoms with E-state index in [2.05, 4.69) is 9.73 Å². The Bertz CT molecular complexity index is 563. The average molecular weight is 299 g/mol. The second-order valence-electron chi connectivity index (χ2n) is 4.07. The van der Waals surface area contributed by atoms with Crippen molar-refractivity contribution >= 4 is 22.1 Å². The van der Waals surface area contributed by atoms with E-state index in [1.807, 2.05) is 6.92 Å². The molecule has 0 heterocycles. The number of carbonyl (C=O) groups is 1. The van der Waals surface area contributed by atoms with Gasteiger partial charge in [0.15, 0.2) is 9.84 Å². The van der Waals surface area contributed by atoms with Crippen LogP contribution in [0.1, 0.15) is 12.0 Å². The number of aliphatic imine (C=N–C) groups is 1. The van der Waals surface area contributed by atoms with Gasteiger partial charge >= 0.3 is 6.09 Å². The lowest BCUT2D eigenvalue weighted by molar-refractivity contribution is 0.164. The Labute approximate surface area is 118 Å². The lowest BCUT2D eigenvalue weighted by Crippen LogP contribution is -2.14. The summed E-state index contributed by atoms with van der Waals surface area (Å²) in [5.41, 5.74) is 0.966. The number of carbonyl (C=O) groups excluding carboxylic acids is 1. The minimum Gasteiger partial charge on any atom is -0.447 e. The number of nitrogens with zero attached hydrogens (tertiary/aromatic N) is 1. The first-order chi connectivity index (χ1) is 9.45. The summed E-state index contributed by atoms with van der Waals surface area (Å²) in [6.45, 7) is 1.49. The van der Waals surface area contributed by atoms with E-state index in [-0.39, 0.29) is 30.3 Å². The molecule has 0 saturated heterocycles. The Morgan fingerprint density at radius 1 is 1.35 bits per heavy atom. The number of hydrogen-bond acceptors (Lipinski definition) is 5. The predicted molar refractivity (Wildman–Crippen MR) is 74.8 cm³/mol. The maximum absolute atomic E-state index is 11.9. The van der Waals surface area contributed by atoms with E-state index in [9.17, 15) is 13.2 Å². The van der Waals surface area contributed by atoms with E-state index in [0.717, 1.165) is 5.56 Å². The average Bonchev–Trinajstić information content (AvgIpc) is 2.39. The number of benzene rings is 1. The zero-order chi connectivity index (χ0) is 15.0. The van der Waals surface area contributed by atoms with Gasteiger partial charge in [-0.05, 0) is 19.1 Å². The van der Waals surface area contributed by atoms with Crippen LogP contribution in [-0.2, 0) is 14.6 Å². The largest absolute Gasteiger partial charge is 0.447 e. The standard InChI is InChI=1S/C13H17NO5S/c1-11-3-5-12(6-4-11)20(17,18)10-9-19-13(16)14-7-2-8-15/h3-7,15H,2,8-10H2,1H3. The summed E-state index contributed by atoms with van der Waals surface area (Å²) in [5.74, 6) is -0.294. The van der Waals surface area contributed by atoms with Gasteiger partial charge in [0, 0.05) is 19.2 Å². The molecule has 0 aliphatic heterocycles. The summed E-state index contributed by atoms with van der Waals surface area (Å²) < 4.78 is 28.5. The molecule has 1 amide bonds. The molecule has 1 rings (SSSR count). The second-order valence-corrected chi connectivity index (χ2v) is 6.18. The quantitative estimate of drug-likeness (QED) is 0.800. The molecule has 7 heteroatoms. The van der Waals surface area contributed by atoms with Crippen molar-refractivity contribution in [3.8, 4) is 0 Å². The number of aliphatic hydroxyl groups is 1. The summed E-state index contributed by atoms with van der Waals surface area (Å²) in [4.78, 5) is 14.7. The van der Waals surface area contributed by atoms with Crippen LogP contribution in [0, 0.1) is 6.92 Å². The lowest BCUT2D eigenvalue weighted by atomic mass is 10.2. The first kappa shape index (κ1) is 16.3. The molecule has 0 fully saturated rings. The summed E-state index contributed by atoms with van der Waals surface area (Å²) in [5, 5.41) is 8.48. The molecular weight excluding hydrogens is 282 g/mol. The van der Waals surface area contributed by atoms with Gasteiger partial charge in [-0.3, -0.25) is 0 Å². The van der Waals surface area contributed by atoms with Crippen molar-refractivity contribution in [3.05, 3.63) is 29.8 Å². The van der Waals surface area contributed by atoms with Crippen molar-refractivity contribution in [2.45, 2.75) is 18.2 Å². The van der Waals surface area contributed by atoms with Crippen LogP contribution in [0.3, 0.4) is 0 Å². The molecule has 0 aliphatic rings. The molecule has 0 aliphatic carbocycles. The zero-order valence-corrected chi connectivity index (χ0v) is 12.0. The molecule has 0 spiro atoms. The SMILES string of the molecule is Cc1ccc(S(=O)(=O)CCOC(=O)N=CCCO)cc1. The lowest BCUT2D eigenvalue weighted by Gasteiger charge is -2.05. The number of aliphatic hydroxyl groups excluding tert-OH is 1. The van der Waals surface area contributed by atoms with Crippen LogP contribution in [-0.4, -0.2) is 44.8 Å². The third-order valence-electron chi connectivity index (χ3n) is 2.41. The van der Waals surface area contributed by atoms with E-state index in [1.54, 1.807) is 12.1 Å². The van der Waals surface area contributed by atoms with Crippen LogP contribution in [0.5, 0.6) is 0 Å². The van der Waals surface area contributed by atoms with Crippen LogP contribution in [0.25, 0.3) is 0 Å². The van der Waals surface area contributed by atoms with Crippen molar-refractivity contribution in [2.24, 2.45) is 4.99 Å². The van der Waals surface area contributed by atoms with Crippen molar-refractivity contribution in [2.75, 3.05) is 19.0 Å². The van der Waals surface area contributed by atoms with Crippen LogP contribution in [0.2, 0.25) is 0 Å². The van der Waals surface area contributed by atoms with E-state index in [4.69, 9.17) is 5.11 Å². The van der Waals surface area contributed by atoms with Crippen LogP contribution >= 0.6 is 0 Å². The van der Waals surface area contributed by atoms with Crippen LogP contribution < -0.4 is 0 Å². The smallest absolute Gasteiger partial charge is 0.433 e. The minimum atomic E-state index is -3.47. The molecule has 0 aromatic heterocycles. The zero-order valence-electron chi connectivity index (χ0n) is 11.2. The molecule has 110 valence electrons. The summed E-state index contributed by atoms with van der Waals surface area (Å²) >= 11 is 0. The van der Waals surface area contributed by atoms with Crippen molar-refractivity contribution < 1.29 is 23.1 Å². The first-order valence-electron chi connectivity index (χ1n) is 6.05. The van der Waals surface area contributed by atoms with Gasteiger partial charge in [-0.15, -0.1) is 0 Å². The highest BCUT2D eigenvalue weighted by Gasteiger charge is 2.14. The van der Waals surface area contributed by atoms with Gasteiger partial charge in [-0.25, -0.2) is 13.2 Å². The summed E-state index contributed by atoms with van der Waals surface area (Å²) in [7, 11) is -3.47. The Kier molecular flexibility index (Phi) is 6.33. The minimum absolute atomic E-state index is 0.113. The number of ether oxygens (including phenoxy) is 1. The molecule has 0 bridgehead atoms. The highest BCUT2D eigenvalue weighted by atomic mass is 32.2. The monoisotopic (exact) mass is 299 g/mol. The molecule has 20 heavy (non-hydrogen) atoms. The van der Waals surface area contributed by atoms with Crippen LogP contribution in [0.4, 0.5) is 4.79 Å². The number of sulfone groups is 1.